The van der Waals surface area contributed by atoms with E-state index in [2.05, 4.69) is 38.7 Å². The van der Waals surface area contributed by atoms with Crippen LogP contribution in [0.4, 0.5) is 0 Å². The van der Waals surface area contributed by atoms with E-state index in [0.29, 0.717) is 0 Å². The van der Waals surface area contributed by atoms with Crippen molar-refractivity contribution >= 4 is 0 Å². The molecule has 0 aromatic heterocycles. The summed E-state index contributed by atoms with van der Waals surface area (Å²) in [5.41, 5.74) is 1.39. The topological polar surface area (TPSA) is 0 Å². The Balaban J connectivity index is 0. The summed E-state index contributed by atoms with van der Waals surface area (Å²) in [4.78, 5) is 0. The summed E-state index contributed by atoms with van der Waals surface area (Å²) < 4.78 is 0. The average molecular weight is 194 g/mol. The molecule has 0 amide bonds. The monoisotopic (exact) mass is 194 g/mol. The molecule has 82 valence electrons. The highest BCUT2D eigenvalue weighted by Crippen LogP contribution is 2.10. The van der Waals surface area contributed by atoms with Gasteiger partial charge in [0.2, 0.25) is 0 Å². The molecule has 0 aromatic rings. The predicted octanol–water partition coefficient (Wildman–Crippen LogP) is 5.28. The first kappa shape index (κ1) is 15.7. The first-order valence-corrected chi connectivity index (χ1v) is 5.79. The van der Waals surface area contributed by atoms with Gasteiger partial charge in [0.25, 0.3) is 0 Å². The van der Waals surface area contributed by atoms with Gasteiger partial charge in [0, 0.05) is 0 Å². The van der Waals surface area contributed by atoms with Crippen molar-refractivity contribution in [3.63, 3.8) is 0 Å². The Kier molecular flexibility index (Phi) is 16.5. The Morgan fingerprint density at radius 1 is 1.21 bits per heavy atom. The molecule has 0 unspecified atom stereocenters. The van der Waals surface area contributed by atoms with Crippen molar-refractivity contribution in [3.8, 4) is 0 Å². The van der Waals surface area contributed by atoms with Gasteiger partial charge in [-0.2, -0.15) is 0 Å². The lowest BCUT2D eigenvalue weighted by Gasteiger charge is -1.99. The van der Waals surface area contributed by atoms with Crippen molar-refractivity contribution in [1.29, 1.82) is 0 Å². The van der Waals surface area contributed by atoms with Crippen LogP contribution in [0.5, 0.6) is 0 Å². The van der Waals surface area contributed by atoms with Crippen molar-refractivity contribution in [2.45, 2.75) is 53.4 Å². The van der Waals surface area contributed by atoms with Gasteiger partial charge in [-0.25, -0.2) is 0 Å². The maximum atomic E-state index is 3.70. The summed E-state index contributed by atoms with van der Waals surface area (Å²) in [6.07, 6.45) is 13.3. The van der Waals surface area contributed by atoms with Crippen molar-refractivity contribution in [1.82, 2.24) is 0 Å². The van der Waals surface area contributed by atoms with Gasteiger partial charge in [0.1, 0.15) is 0 Å². The van der Waals surface area contributed by atoms with Crippen LogP contribution in [0.2, 0.25) is 0 Å². The van der Waals surface area contributed by atoms with E-state index in [0.717, 1.165) is 0 Å². The van der Waals surface area contributed by atoms with Crippen LogP contribution in [0, 0.1) is 0 Å². The quantitative estimate of drug-likeness (QED) is 0.398. The third-order valence-corrected chi connectivity index (χ3v) is 1.78. The third kappa shape index (κ3) is 11.2. The molecule has 0 bridgehead atoms. The summed E-state index contributed by atoms with van der Waals surface area (Å²) in [7, 11) is 0. The zero-order valence-corrected chi connectivity index (χ0v) is 10.3. The van der Waals surface area contributed by atoms with Crippen molar-refractivity contribution < 1.29 is 0 Å². The summed E-state index contributed by atoms with van der Waals surface area (Å²) in [5.74, 6) is 0. The fourth-order valence-electron chi connectivity index (χ4n) is 1.17. The zero-order valence-electron chi connectivity index (χ0n) is 10.3. The molecule has 0 aliphatic carbocycles. The first-order valence-electron chi connectivity index (χ1n) is 5.79. The van der Waals surface area contributed by atoms with Crippen LogP contribution in [0.15, 0.2) is 36.5 Å². The van der Waals surface area contributed by atoms with Crippen LogP contribution in [0.25, 0.3) is 0 Å². The predicted molar refractivity (Wildman–Crippen MR) is 68.6 cm³/mol. The number of allylic oxidation sites excluding steroid dienone is 5. The molecule has 0 saturated carbocycles. The minimum absolute atomic E-state index is 1.18. The lowest BCUT2D eigenvalue weighted by molar-refractivity contribution is 0.719. The zero-order chi connectivity index (χ0) is 11.2. The molecule has 0 fully saturated rings. The fraction of sp³-hybridized carbons (Fsp3) is 0.571. The largest absolute Gasteiger partial charge is 0.0991 e. The van der Waals surface area contributed by atoms with Gasteiger partial charge in [-0.15, -0.1) is 0 Å². The molecule has 0 N–H and O–H groups in total. The van der Waals surface area contributed by atoms with Gasteiger partial charge >= 0.3 is 0 Å². The third-order valence-electron chi connectivity index (χ3n) is 1.78. The van der Waals surface area contributed by atoms with Crippen molar-refractivity contribution in [3.05, 3.63) is 36.5 Å². The second-order valence-electron chi connectivity index (χ2n) is 2.93. The van der Waals surface area contributed by atoms with E-state index in [1.807, 2.05) is 19.9 Å². The van der Waals surface area contributed by atoms with Gasteiger partial charge in [0.15, 0.2) is 0 Å². The number of hydrogen-bond donors (Lipinski definition) is 0. The lowest BCUT2D eigenvalue weighted by atomic mass is 10.1. The molecule has 0 heteroatoms. The number of rotatable bonds is 6. The van der Waals surface area contributed by atoms with Gasteiger partial charge in [-0.05, 0) is 25.3 Å². The summed E-state index contributed by atoms with van der Waals surface area (Å²) >= 11 is 0. The fourth-order valence-corrected chi connectivity index (χ4v) is 1.17. The highest BCUT2D eigenvalue weighted by molar-refractivity contribution is 5.22. The average Bonchev–Trinajstić information content (AvgIpc) is 2.22. The van der Waals surface area contributed by atoms with E-state index >= 15 is 0 Å². The van der Waals surface area contributed by atoms with Crippen molar-refractivity contribution in [2.24, 2.45) is 0 Å². The van der Waals surface area contributed by atoms with Crippen LogP contribution in [0.3, 0.4) is 0 Å². The smallest absolute Gasteiger partial charge is 0.0279 e. The second kappa shape index (κ2) is 14.7. The lowest BCUT2D eigenvalue weighted by Crippen LogP contribution is -1.79. The minimum atomic E-state index is 1.18. The molecule has 0 aromatic carbocycles. The van der Waals surface area contributed by atoms with Gasteiger partial charge < -0.3 is 0 Å². The molecule has 0 heterocycles. The molecular formula is C14H26. The Morgan fingerprint density at radius 2 is 1.86 bits per heavy atom. The SMILES string of the molecule is C=C/C=C(\C=C/C)CCCCC.CC. The van der Waals surface area contributed by atoms with Crippen LogP contribution >= 0.6 is 0 Å². The van der Waals surface area contributed by atoms with E-state index in [4.69, 9.17) is 0 Å². The Hall–Kier alpha value is -0.780. The van der Waals surface area contributed by atoms with Crippen LogP contribution in [-0.4, -0.2) is 0 Å². The van der Waals surface area contributed by atoms with E-state index < -0.39 is 0 Å². The molecule has 0 nitrogen and oxygen atoms in total. The molecule has 14 heavy (non-hydrogen) atoms. The summed E-state index contributed by atoms with van der Waals surface area (Å²) in [5, 5.41) is 0. The summed E-state index contributed by atoms with van der Waals surface area (Å²) in [6.45, 7) is 12.0. The standard InChI is InChI=1S/C12H20.C2H6/c1-4-7-8-11-12(9-5-2)10-6-3;1-2/h5-6,9-10H,2,4,7-8,11H2,1,3H3;1-2H3/b10-6-,12-9+;. The highest BCUT2D eigenvalue weighted by Gasteiger charge is 1.90. The van der Waals surface area contributed by atoms with E-state index in [1.165, 1.54) is 31.3 Å². The Morgan fingerprint density at radius 3 is 2.29 bits per heavy atom. The number of hydrogen-bond acceptors (Lipinski definition) is 0. The highest BCUT2D eigenvalue weighted by atomic mass is 14.0. The van der Waals surface area contributed by atoms with E-state index in [1.54, 1.807) is 0 Å². The van der Waals surface area contributed by atoms with E-state index in [-0.39, 0.29) is 0 Å². The summed E-state index contributed by atoms with van der Waals surface area (Å²) in [6, 6.07) is 0. The molecule has 0 aliphatic heterocycles. The molecule has 0 radical (unpaired) electrons. The van der Waals surface area contributed by atoms with Crippen LogP contribution in [-0.2, 0) is 0 Å². The second-order valence-corrected chi connectivity index (χ2v) is 2.93. The Bertz CT molecular complexity index is 161. The van der Waals surface area contributed by atoms with E-state index in [9.17, 15) is 0 Å². The number of unbranched alkanes of at least 4 members (excludes halogenated alkanes) is 2. The van der Waals surface area contributed by atoms with Gasteiger partial charge in [-0.3, -0.25) is 0 Å². The van der Waals surface area contributed by atoms with Crippen LogP contribution in [0.1, 0.15) is 53.4 Å². The van der Waals surface area contributed by atoms with Crippen molar-refractivity contribution in [2.75, 3.05) is 0 Å². The molecular weight excluding hydrogens is 168 g/mol. The van der Waals surface area contributed by atoms with Gasteiger partial charge in [-0.1, -0.05) is 64.5 Å². The molecule has 0 atom stereocenters. The molecule has 0 spiro atoms. The molecule has 0 rings (SSSR count). The van der Waals surface area contributed by atoms with Gasteiger partial charge in [0.05, 0.1) is 0 Å². The molecule has 0 saturated heterocycles. The van der Waals surface area contributed by atoms with Crippen LogP contribution < -0.4 is 0 Å². The normalized spacial score (nSPS) is 11.0. The Labute approximate surface area is 90.4 Å². The molecule has 0 aliphatic rings. The maximum Gasteiger partial charge on any atom is -0.0279 e. The minimum Gasteiger partial charge on any atom is -0.0991 e. The maximum absolute atomic E-state index is 3.70. The first-order chi connectivity index (χ1) is 6.85.